The summed E-state index contributed by atoms with van der Waals surface area (Å²) in [6.45, 7) is 1.64. The second kappa shape index (κ2) is 9.52. The van der Waals surface area contributed by atoms with Crippen LogP contribution >= 0.6 is 11.8 Å². The first kappa shape index (κ1) is 21.4. The molecule has 1 aromatic heterocycles. The van der Waals surface area contributed by atoms with Gasteiger partial charge in [0.2, 0.25) is 12.7 Å². The normalized spacial score (nSPS) is 11.7. The average molecular weight is 449 g/mol. The zero-order valence-electron chi connectivity index (χ0n) is 17.1. The van der Waals surface area contributed by atoms with Crippen LogP contribution in [0.4, 0.5) is 11.4 Å². The van der Waals surface area contributed by atoms with Gasteiger partial charge in [0, 0.05) is 29.2 Å². The number of carbonyl (C=O) groups excluding carboxylic acids is 3. The summed E-state index contributed by atoms with van der Waals surface area (Å²) in [5.41, 5.74) is 2.06. The number of hydrogen-bond donors (Lipinski definition) is 2. The van der Waals surface area contributed by atoms with Gasteiger partial charge >= 0.3 is 0 Å². The highest BCUT2D eigenvalue weighted by Gasteiger charge is 2.16. The molecule has 3 aromatic rings. The quantitative estimate of drug-likeness (QED) is 0.415. The Labute approximate surface area is 188 Å². The van der Waals surface area contributed by atoms with Crippen LogP contribution in [0, 0.1) is 0 Å². The first-order valence-electron chi connectivity index (χ1n) is 9.69. The summed E-state index contributed by atoms with van der Waals surface area (Å²) >= 11 is 1.16. The molecule has 9 heteroatoms. The predicted octanol–water partition coefficient (Wildman–Crippen LogP) is 4.00. The summed E-state index contributed by atoms with van der Waals surface area (Å²) in [5.74, 6) is 0.637. The Morgan fingerprint density at radius 3 is 2.50 bits per heavy atom. The summed E-state index contributed by atoms with van der Waals surface area (Å²) in [6.07, 6.45) is 1.57. The summed E-state index contributed by atoms with van der Waals surface area (Å²) < 4.78 is 10.6. The number of ether oxygens (including phenoxy) is 2. The number of ketones is 1. The molecule has 0 bridgehead atoms. The van der Waals surface area contributed by atoms with Crippen molar-refractivity contribution in [3.05, 3.63) is 71.9 Å². The minimum absolute atomic E-state index is 0.0483. The lowest BCUT2D eigenvalue weighted by Gasteiger charge is -2.10. The minimum atomic E-state index is -0.354. The second-order valence-electron chi connectivity index (χ2n) is 6.85. The highest BCUT2D eigenvalue weighted by Crippen LogP contribution is 2.34. The van der Waals surface area contributed by atoms with E-state index in [1.807, 2.05) is 0 Å². The third kappa shape index (κ3) is 5.06. The molecule has 0 saturated carbocycles. The van der Waals surface area contributed by atoms with Gasteiger partial charge in [0.15, 0.2) is 17.3 Å². The number of anilines is 2. The first-order valence-corrected chi connectivity index (χ1v) is 10.7. The molecule has 1 aliphatic heterocycles. The average Bonchev–Trinajstić information content (AvgIpc) is 3.26. The Morgan fingerprint density at radius 2 is 1.72 bits per heavy atom. The van der Waals surface area contributed by atoms with Crippen LogP contribution in [0.25, 0.3) is 0 Å². The van der Waals surface area contributed by atoms with Crippen LogP contribution in [-0.2, 0) is 4.79 Å². The summed E-state index contributed by atoms with van der Waals surface area (Å²) in [4.78, 5) is 40.8. The van der Waals surface area contributed by atoms with Crippen molar-refractivity contribution in [1.82, 2.24) is 4.98 Å². The molecule has 1 aliphatic rings. The number of amides is 2. The van der Waals surface area contributed by atoms with Crippen LogP contribution in [-0.4, -0.2) is 35.1 Å². The molecule has 0 saturated heterocycles. The number of pyridine rings is 1. The van der Waals surface area contributed by atoms with E-state index >= 15 is 0 Å². The molecule has 0 radical (unpaired) electrons. The minimum Gasteiger partial charge on any atom is -0.454 e. The van der Waals surface area contributed by atoms with E-state index in [4.69, 9.17) is 9.47 Å². The number of hydrogen-bond acceptors (Lipinski definition) is 7. The van der Waals surface area contributed by atoms with E-state index in [9.17, 15) is 14.4 Å². The molecule has 0 fully saturated rings. The molecule has 0 aliphatic carbocycles. The Bertz CT molecular complexity index is 1180. The van der Waals surface area contributed by atoms with Gasteiger partial charge < -0.3 is 20.1 Å². The van der Waals surface area contributed by atoms with Gasteiger partial charge in [-0.2, -0.15) is 0 Å². The molecule has 32 heavy (non-hydrogen) atoms. The van der Waals surface area contributed by atoms with Crippen molar-refractivity contribution < 1.29 is 23.9 Å². The molecular formula is C23H19N3O5S. The van der Waals surface area contributed by atoms with E-state index < -0.39 is 0 Å². The molecule has 8 nitrogen and oxygen atoms in total. The van der Waals surface area contributed by atoms with Crippen LogP contribution < -0.4 is 20.1 Å². The first-order chi connectivity index (χ1) is 15.5. The monoisotopic (exact) mass is 449 g/mol. The van der Waals surface area contributed by atoms with Crippen molar-refractivity contribution in [2.45, 2.75) is 11.9 Å². The Kier molecular flexibility index (Phi) is 6.37. The maximum Gasteiger partial charge on any atom is 0.258 e. The Balaban J connectivity index is 1.37. The summed E-state index contributed by atoms with van der Waals surface area (Å²) in [6, 6.07) is 15.1. The van der Waals surface area contributed by atoms with Gasteiger partial charge in [-0.1, -0.05) is 11.8 Å². The molecule has 162 valence electrons. The molecule has 2 N–H and O–H groups in total. The molecular weight excluding hydrogens is 430 g/mol. The lowest BCUT2D eigenvalue weighted by atomic mass is 10.1. The number of rotatable bonds is 7. The van der Waals surface area contributed by atoms with Gasteiger partial charge in [-0.3, -0.25) is 14.4 Å². The fourth-order valence-corrected chi connectivity index (χ4v) is 3.76. The van der Waals surface area contributed by atoms with Crippen molar-refractivity contribution in [3.8, 4) is 11.5 Å². The van der Waals surface area contributed by atoms with E-state index in [0.29, 0.717) is 39.0 Å². The standard InChI is InChI=1S/C23H19N3O5S/c1-14(27)15-4-6-16(7-5-15)26-22(29)18-3-2-10-24-23(18)32-12-21(28)25-17-8-9-19-20(11-17)31-13-30-19/h2-11H,12-13H2,1H3,(H,25,28)(H,26,29). The SMILES string of the molecule is CC(=O)c1ccc(NC(=O)c2cccnc2SCC(=O)Nc2ccc3c(c2)OCO3)cc1. The number of thioether (sulfide) groups is 1. The number of benzene rings is 2. The maximum absolute atomic E-state index is 12.7. The van der Waals surface area contributed by atoms with E-state index in [1.165, 1.54) is 6.92 Å². The molecule has 4 rings (SSSR count). The third-order valence-corrected chi connectivity index (χ3v) is 5.57. The largest absolute Gasteiger partial charge is 0.454 e. The smallest absolute Gasteiger partial charge is 0.258 e. The van der Waals surface area contributed by atoms with Gasteiger partial charge in [-0.15, -0.1) is 0 Å². The van der Waals surface area contributed by atoms with E-state index in [0.717, 1.165) is 11.8 Å². The van der Waals surface area contributed by atoms with Gasteiger partial charge in [-0.05, 0) is 55.5 Å². The Morgan fingerprint density at radius 1 is 0.969 bits per heavy atom. The number of Topliss-reactive ketones (excluding diaryl/α,β-unsaturated/α-hetero) is 1. The number of fused-ring (bicyclic) bond motifs is 1. The maximum atomic E-state index is 12.7. The molecule has 2 aromatic carbocycles. The van der Waals surface area contributed by atoms with Crippen molar-refractivity contribution in [3.63, 3.8) is 0 Å². The second-order valence-corrected chi connectivity index (χ2v) is 7.81. The fraction of sp³-hybridized carbons (Fsp3) is 0.130. The molecule has 0 spiro atoms. The van der Waals surface area contributed by atoms with Gasteiger partial charge in [0.25, 0.3) is 5.91 Å². The highest BCUT2D eigenvalue weighted by atomic mass is 32.2. The lowest BCUT2D eigenvalue weighted by molar-refractivity contribution is -0.113. The van der Waals surface area contributed by atoms with Crippen LogP contribution in [0.1, 0.15) is 27.6 Å². The zero-order valence-corrected chi connectivity index (χ0v) is 17.9. The van der Waals surface area contributed by atoms with E-state index in [2.05, 4.69) is 15.6 Å². The number of carbonyl (C=O) groups is 3. The van der Waals surface area contributed by atoms with Crippen molar-refractivity contribution in [2.24, 2.45) is 0 Å². The Hall–Kier alpha value is -3.85. The third-order valence-electron chi connectivity index (χ3n) is 4.56. The van der Waals surface area contributed by atoms with E-state index in [-0.39, 0.29) is 30.1 Å². The van der Waals surface area contributed by atoms with Crippen molar-refractivity contribution >= 4 is 40.7 Å². The highest BCUT2D eigenvalue weighted by molar-refractivity contribution is 8.00. The van der Waals surface area contributed by atoms with Crippen molar-refractivity contribution in [2.75, 3.05) is 23.2 Å². The van der Waals surface area contributed by atoms with Gasteiger partial charge in [0.05, 0.1) is 11.3 Å². The van der Waals surface area contributed by atoms with Gasteiger partial charge in [0.1, 0.15) is 5.03 Å². The topological polar surface area (TPSA) is 107 Å². The van der Waals surface area contributed by atoms with Crippen LogP contribution in [0.3, 0.4) is 0 Å². The van der Waals surface area contributed by atoms with Gasteiger partial charge in [-0.25, -0.2) is 4.98 Å². The molecule has 2 heterocycles. The van der Waals surface area contributed by atoms with Crippen molar-refractivity contribution in [1.29, 1.82) is 0 Å². The molecule has 0 unspecified atom stereocenters. The fourth-order valence-electron chi connectivity index (χ4n) is 2.97. The number of aromatic nitrogens is 1. The number of nitrogens with one attached hydrogen (secondary N) is 2. The number of nitrogens with zero attached hydrogens (tertiary/aromatic N) is 1. The van der Waals surface area contributed by atoms with Crippen LogP contribution in [0.15, 0.2) is 65.8 Å². The summed E-state index contributed by atoms with van der Waals surface area (Å²) in [7, 11) is 0. The predicted molar refractivity (Wildman–Crippen MR) is 121 cm³/mol. The van der Waals surface area contributed by atoms with E-state index in [1.54, 1.807) is 60.8 Å². The van der Waals surface area contributed by atoms with Crippen LogP contribution in [0.2, 0.25) is 0 Å². The molecule has 0 atom stereocenters. The summed E-state index contributed by atoms with van der Waals surface area (Å²) in [5, 5.41) is 6.02. The lowest BCUT2D eigenvalue weighted by Crippen LogP contribution is -2.16. The van der Waals surface area contributed by atoms with Crippen LogP contribution in [0.5, 0.6) is 11.5 Å². The molecule has 2 amide bonds. The zero-order chi connectivity index (χ0) is 22.5.